The van der Waals surface area contributed by atoms with Crippen LogP contribution in [0.5, 0.6) is 0 Å². The number of benzene rings is 2. The van der Waals surface area contributed by atoms with Crippen LogP contribution in [0.25, 0.3) is 0 Å². The standard InChI is InChI=1S/C22H27N5OS/c1-4-18(20(28)24-19-15(2)9-8-10-16(19)3)27-21(23)25-26-22(27)29-14-13-17-11-6-5-7-12-17/h5-12,18H,4,13-14H2,1-3H3,(H2,23,25)(H,24,28). The number of anilines is 2. The second-order valence-corrected chi connectivity index (χ2v) is 8.04. The summed E-state index contributed by atoms with van der Waals surface area (Å²) < 4.78 is 1.75. The van der Waals surface area contributed by atoms with Crippen LogP contribution in [0.3, 0.4) is 0 Å². The van der Waals surface area contributed by atoms with Crippen molar-refractivity contribution < 1.29 is 4.79 Å². The molecule has 1 amide bonds. The van der Waals surface area contributed by atoms with Crippen molar-refractivity contribution in [2.45, 2.75) is 44.8 Å². The largest absolute Gasteiger partial charge is 0.368 e. The number of hydrogen-bond acceptors (Lipinski definition) is 5. The van der Waals surface area contributed by atoms with Crippen molar-refractivity contribution >= 4 is 29.3 Å². The summed E-state index contributed by atoms with van der Waals surface area (Å²) in [5.41, 5.74) is 10.3. The molecule has 0 aliphatic rings. The molecule has 0 aliphatic heterocycles. The van der Waals surface area contributed by atoms with Gasteiger partial charge in [0.2, 0.25) is 11.9 Å². The van der Waals surface area contributed by atoms with Crippen LogP contribution in [-0.2, 0) is 11.2 Å². The fourth-order valence-electron chi connectivity index (χ4n) is 3.29. The number of nitrogens with one attached hydrogen (secondary N) is 1. The molecule has 0 spiro atoms. The Morgan fingerprint density at radius 3 is 2.45 bits per heavy atom. The molecule has 152 valence electrons. The van der Waals surface area contributed by atoms with Crippen LogP contribution >= 0.6 is 11.8 Å². The molecule has 0 fully saturated rings. The van der Waals surface area contributed by atoms with Gasteiger partial charge in [-0.1, -0.05) is 67.2 Å². The van der Waals surface area contributed by atoms with E-state index in [-0.39, 0.29) is 11.9 Å². The highest BCUT2D eigenvalue weighted by Gasteiger charge is 2.25. The van der Waals surface area contributed by atoms with Gasteiger partial charge in [-0.2, -0.15) is 0 Å². The number of nitrogens with zero attached hydrogens (tertiary/aromatic N) is 3. The molecule has 29 heavy (non-hydrogen) atoms. The van der Waals surface area contributed by atoms with Crippen LogP contribution < -0.4 is 11.1 Å². The smallest absolute Gasteiger partial charge is 0.247 e. The molecule has 0 radical (unpaired) electrons. The molecule has 1 heterocycles. The van der Waals surface area contributed by atoms with Gasteiger partial charge in [0.05, 0.1) is 0 Å². The van der Waals surface area contributed by atoms with E-state index in [4.69, 9.17) is 5.73 Å². The Balaban J connectivity index is 1.75. The van der Waals surface area contributed by atoms with Gasteiger partial charge in [-0.25, -0.2) is 0 Å². The first kappa shape index (κ1) is 20.9. The van der Waals surface area contributed by atoms with Crippen molar-refractivity contribution in [2.75, 3.05) is 16.8 Å². The van der Waals surface area contributed by atoms with Gasteiger partial charge in [0, 0.05) is 11.4 Å². The Morgan fingerprint density at radius 2 is 1.79 bits per heavy atom. The van der Waals surface area contributed by atoms with Crippen molar-refractivity contribution in [3.63, 3.8) is 0 Å². The number of nitrogen functional groups attached to an aromatic ring is 1. The maximum absolute atomic E-state index is 13.1. The fourth-order valence-corrected chi connectivity index (χ4v) is 4.27. The first-order valence-corrected chi connectivity index (χ1v) is 10.7. The monoisotopic (exact) mass is 409 g/mol. The maximum Gasteiger partial charge on any atom is 0.247 e. The minimum Gasteiger partial charge on any atom is -0.368 e. The second kappa shape index (κ2) is 9.60. The molecule has 1 atom stereocenters. The average Bonchev–Trinajstić information content (AvgIpc) is 3.07. The fraction of sp³-hybridized carbons (Fsp3) is 0.318. The van der Waals surface area contributed by atoms with Gasteiger partial charge in [-0.3, -0.25) is 9.36 Å². The van der Waals surface area contributed by atoms with E-state index < -0.39 is 6.04 Å². The van der Waals surface area contributed by atoms with Crippen molar-refractivity contribution in [2.24, 2.45) is 0 Å². The third-order valence-electron chi connectivity index (χ3n) is 4.89. The van der Waals surface area contributed by atoms with Crippen LogP contribution in [0.1, 0.15) is 36.1 Å². The number of nitrogens with two attached hydrogens (primary N) is 1. The van der Waals surface area contributed by atoms with E-state index in [0.717, 1.165) is 29.0 Å². The van der Waals surface area contributed by atoms with Gasteiger partial charge in [-0.05, 0) is 43.4 Å². The zero-order valence-corrected chi connectivity index (χ0v) is 17.9. The van der Waals surface area contributed by atoms with Gasteiger partial charge in [0.15, 0.2) is 5.16 Å². The molecule has 2 aromatic carbocycles. The van der Waals surface area contributed by atoms with Crippen molar-refractivity contribution in [1.82, 2.24) is 14.8 Å². The molecule has 3 rings (SSSR count). The molecule has 3 aromatic rings. The Hall–Kier alpha value is -2.80. The third kappa shape index (κ3) is 4.98. The zero-order chi connectivity index (χ0) is 20.8. The van der Waals surface area contributed by atoms with E-state index in [2.05, 4.69) is 27.6 Å². The summed E-state index contributed by atoms with van der Waals surface area (Å²) >= 11 is 1.57. The maximum atomic E-state index is 13.1. The Morgan fingerprint density at radius 1 is 1.10 bits per heavy atom. The molecular weight excluding hydrogens is 382 g/mol. The van der Waals surface area contributed by atoms with Crippen LogP contribution in [0.15, 0.2) is 53.7 Å². The molecule has 7 heteroatoms. The first-order chi connectivity index (χ1) is 14.0. The second-order valence-electron chi connectivity index (χ2n) is 6.97. The van der Waals surface area contributed by atoms with E-state index >= 15 is 0 Å². The molecule has 3 N–H and O–H groups in total. The van der Waals surface area contributed by atoms with Crippen LogP contribution in [0, 0.1) is 13.8 Å². The first-order valence-electron chi connectivity index (χ1n) is 9.75. The van der Waals surface area contributed by atoms with Gasteiger partial charge in [0.25, 0.3) is 0 Å². The van der Waals surface area contributed by atoms with Crippen molar-refractivity contribution in [3.8, 4) is 0 Å². The zero-order valence-electron chi connectivity index (χ0n) is 17.1. The minimum absolute atomic E-state index is 0.110. The lowest BCUT2D eigenvalue weighted by atomic mass is 10.1. The SMILES string of the molecule is CCC(C(=O)Nc1c(C)cccc1C)n1c(N)nnc1SCCc1ccccc1. The van der Waals surface area contributed by atoms with Crippen molar-refractivity contribution in [1.29, 1.82) is 0 Å². The number of amides is 1. The van der Waals surface area contributed by atoms with Gasteiger partial charge >= 0.3 is 0 Å². The van der Waals surface area contributed by atoms with E-state index in [0.29, 0.717) is 11.6 Å². The summed E-state index contributed by atoms with van der Waals surface area (Å²) in [6.45, 7) is 5.94. The summed E-state index contributed by atoms with van der Waals surface area (Å²) in [5, 5.41) is 12.0. The normalized spacial score (nSPS) is 12.0. The Bertz CT molecular complexity index is 950. The number of aromatic nitrogens is 3. The minimum atomic E-state index is -0.469. The summed E-state index contributed by atoms with van der Waals surface area (Å²) in [6, 6.07) is 15.8. The van der Waals surface area contributed by atoms with Gasteiger partial charge < -0.3 is 11.1 Å². The average molecular weight is 410 g/mol. The summed E-state index contributed by atoms with van der Waals surface area (Å²) in [6.07, 6.45) is 1.49. The number of hydrogen-bond donors (Lipinski definition) is 2. The molecule has 1 unspecified atom stereocenters. The Labute approximate surface area is 175 Å². The van der Waals surface area contributed by atoms with Crippen LogP contribution in [-0.4, -0.2) is 26.4 Å². The summed E-state index contributed by atoms with van der Waals surface area (Å²) in [5.74, 6) is 0.980. The highest BCUT2D eigenvalue weighted by molar-refractivity contribution is 7.99. The predicted molar refractivity (Wildman–Crippen MR) is 119 cm³/mol. The molecule has 0 bridgehead atoms. The highest BCUT2D eigenvalue weighted by atomic mass is 32.2. The third-order valence-corrected chi connectivity index (χ3v) is 5.83. The van der Waals surface area contributed by atoms with Crippen LogP contribution in [0.2, 0.25) is 0 Å². The van der Waals surface area contributed by atoms with E-state index in [1.165, 1.54) is 5.56 Å². The summed E-state index contributed by atoms with van der Waals surface area (Å²) in [7, 11) is 0. The summed E-state index contributed by atoms with van der Waals surface area (Å²) in [4.78, 5) is 13.1. The molecule has 6 nitrogen and oxygen atoms in total. The quantitative estimate of drug-likeness (QED) is 0.539. The van der Waals surface area contributed by atoms with Crippen molar-refractivity contribution in [3.05, 3.63) is 65.2 Å². The number of carbonyl (C=O) groups is 1. The van der Waals surface area contributed by atoms with E-state index in [9.17, 15) is 4.79 Å². The molecular formula is C22H27N5OS. The number of para-hydroxylation sites is 1. The van der Waals surface area contributed by atoms with Gasteiger partial charge in [-0.15, -0.1) is 10.2 Å². The van der Waals surface area contributed by atoms with Gasteiger partial charge in [0.1, 0.15) is 6.04 Å². The Kier molecular flexibility index (Phi) is 6.93. The topological polar surface area (TPSA) is 85.8 Å². The lowest BCUT2D eigenvalue weighted by molar-refractivity contribution is -0.119. The van der Waals surface area contributed by atoms with E-state index in [1.807, 2.05) is 57.2 Å². The lowest BCUT2D eigenvalue weighted by Crippen LogP contribution is -2.27. The number of carbonyl (C=O) groups excluding carboxylic acids is 1. The van der Waals surface area contributed by atoms with E-state index in [1.54, 1.807) is 16.3 Å². The lowest BCUT2D eigenvalue weighted by Gasteiger charge is -2.20. The molecule has 1 aromatic heterocycles. The van der Waals surface area contributed by atoms with Crippen LogP contribution in [0.4, 0.5) is 11.6 Å². The number of aryl methyl sites for hydroxylation is 3. The predicted octanol–water partition coefficient (Wildman–Crippen LogP) is 4.40. The number of rotatable bonds is 8. The number of thioether (sulfide) groups is 1. The molecule has 0 saturated carbocycles. The molecule has 0 saturated heterocycles. The molecule has 0 aliphatic carbocycles. The highest BCUT2D eigenvalue weighted by Crippen LogP contribution is 2.28.